The number of hydrogen-bond acceptors (Lipinski definition) is 5. The van der Waals surface area contributed by atoms with Crippen molar-refractivity contribution in [3.63, 3.8) is 0 Å². The summed E-state index contributed by atoms with van der Waals surface area (Å²) in [4.78, 5) is 9.81. The van der Waals surface area contributed by atoms with Crippen LogP contribution in [0.1, 0.15) is 25.7 Å². The van der Waals surface area contributed by atoms with Crippen LogP contribution in [0.2, 0.25) is 0 Å². The maximum atomic E-state index is 5.89. The monoisotopic (exact) mass is 342 g/mol. The number of aromatic nitrogens is 2. The lowest BCUT2D eigenvalue weighted by molar-refractivity contribution is 0.0548. The number of rotatable bonds is 4. The van der Waals surface area contributed by atoms with Crippen molar-refractivity contribution in [1.82, 2.24) is 14.5 Å². The van der Waals surface area contributed by atoms with Crippen molar-refractivity contribution < 1.29 is 9.47 Å². The molecule has 6 nitrogen and oxygen atoms in total. The summed E-state index contributed by atoms with van der Waals surface area (Å²) in [6, 6.07) is 8.44. The Kier molecular flexibility index (Phi) is 4.12. The summed E-state index contributed by atoms with van der Waals surface area (Å²) in [5.74, 6) is 1.08. The van der Waals surface area contributed by atoms with E-state index in [4.69, 9.17) is 14.5 Å². The summed E-state index contributed by atoms with van der Waals surface area (Å²) < 4.78 is 14.1. The van der Waals surface area contributed by atoms with E-state index in [0.29, 0.717) is 12.2 Å². The molecule has 0 saturated carbocycles. The Morgan fingerprint density at radius 2 is 1.72 bits per heavy atom. The molecule has 0 spiro atoms. The molecular weight excluding hydrogens is 316 g/mol. The molecule has 2 saturated heterocycles. The van der Waals surface area contributed by atoms with E-state index >= 15 is 0 Å². The number of para-hydroxylation sites is 2. The van der Waals surface area contributed by atoms with Gasteiger partial charge in [-0.15, -0.1) is 0 Å². The Labute approximate surface area is 148 Å². The molecule has 134 valence electrons. The van der Waals surface area contributed by atoms with Crippen molar-refractivity contribution in [3.05, 3.63) is 24.3 Å². The van der Waals surface area contributed by atoms with E-state index in [0.717, 1.165) is 57.5 Å². The summed E-state index contributed by atoms with van der Waals surface area (Å²) in [5, 5.41) is 0. The standard InChI is InChI=1S/C19H26N4O2/c1-2-8-18-17(7-1)20-19-22(12-16-6-4-10-25-16)13-21(14-23(18)19)11-15-5-3-9-24-15/h1-2,7-8,15-16H,3-6,9-14H2/t15-,16-/m0/s1. The van der Waals surface area contributed by atoms with Gasteiger partial charge in [0.05, 0.1) is 36.6 Å². The minimum atomic E-state index is 0.330. The number of benzene rings is 1. The molecule has 0 N–H and O–H groups in total. The van der Waals surface area contributed by atoms with Gasteiger partial charge in [-0.3, -0.25) is 9.47 Å². The molecule has 3 aliphatic heterocycles. The van der Waals surface area contributed by atoms with E-state index in [2.05, 4.69) is 38.6 Å². The normalized spacial score (nSPS) is 27.3. The fourth-order valence-corrected chi connectivity index (χ4v) is 4.36. The second-order valence-electron chi connectivity index (χ2n) is 7.46. The fourth-order valence-electron chi connectivity index (χ4n) is 4.36. The topological polar surface area (TPSA) is 42.8 Å². The van der Waals surface area contributed by atoms with Crippen LogP contribution in [0, 0.1) is 0 Å². The summed E-state index contributed by atoms with van der Waals surface area (Å²) in [6.45, 7) is 5.52. The van der Waals surface area contributed by atoms with Crippen molar-refractivity contribution in [1.29, 1.82) is 0 Å². The van der Waals surface area contributed by atoms with Crippen molar-refractivity contribution >= 4 is 17.0 Å². The average Bonchev–Trinajstić information content (AvgIpc) is 3.36. The Morgan fingerprint density at radius 1 is 0.960 bits per heavy atom. The first kappa shape index (κ1) is 15.6. The number of fused-ring (bicyclic) bond motifs is 3. The van der Waals surface area contributed by atoms with Crippen LogP contribution >= 0.6 is 0 Å². The molecule has 0 unspecified atom stereocenters. The van der Waals surface area contributed by atoms with Gasteiger partial charge in [0.2, 0.25) is 5.95 Å². The average molecular weight is 342 g/mol. The highest BCUT2D eigenvalue weighted by Crippen LogP contribution is 2.29. The quantitative estimate of drug-likeness (QED) is 0.854. The Balaban J connectivity index is 1.44. The minimum Gasteiger partial charge on any atom is -0.377 e. The molecule has 1 aromatic carbocycles. The van der Waals surface area contributed by atoms with E-state index in [1.54, 1.807) is 0 Å². The molecule has 0 aliphatic carbocycles. The predicted molar refractivity (Wildman–Crippen MR) is 96.6 cm³/mol. The van der Waals surface area contributed by atoms with Gasteiger partial charge < -0.3 is 14.4 Å². The summed E-state index contributed by atoms with van der Waals surface area (Å²) in [6.07, 6.45) is 5.41. The first-order valence-electron chi connectivity index (χ1n) is 9.52. The Bertz CT molecular complexity index is 734. The number of nitrogens with zero attached hydrogens (tertiary/aromatic N) is 4. The van der Waals surface area contributed by atoms with Gasteiger partial charge in [-0.05, 0) is 37.8 Å². The van der Waals surface area contributed by atoms with E-state index in [-0.39, 0.29) is 0 Å². The van der Waals surface area contributed by atoms with Gasteiger partial charge in [0, 0.05) is 26.3 Å². The van der Waals surface area contributed by atoms with Crippen LogP contribution in [-0.2, 0) is 16.1 Å². The highest BCUT2D eigenvalue weighted by atomic mass is 16.5. The van der Waals surface area contributed by atoms with Crippen molar-refractivity contribution in [2.24, 2.45) is 0 Å². The van der Waals surface area contributed by atoms with Gasteiger partial charge in [0.15, 0.2) is 0 Å². The Hall–Kier alpha value is -1.63. The van der Waals surface area contributed by atoms with Crippen molar-refractivity contribution in [2.45, 2.75) is 44.6 Å². The van der Waals surface area contributed by atoms with E-state index < -0.39 is 0 Å². The molecule has 0 radical (unpaired) electrons. The molecule has 6 heteroatoms. The number of anilines is 1. The molecule has 1 aromatic heterocycles. The van der Waals surface area contributed by atoms with Crippen LogP contribution in [0.5, 0.6) is 0 Å². The lowest BCUT2D eigenvalue weighted by atomic mass is 10.2. The summed E-state index contributed by atoms with van der Waals surface area (Å²) in [5.41, 5.74) is 2.29. The lowest BCUT2D eigenvalue weighted by Crippen LogP contribution is -2.49. The third-order valence-corrected chi connectivity index (χ3v) is 5.56. The molecule has 0 amide bonds. The first-order valence-corrected chi connectivity index (χ1v) is 9.52. The maximum Gasteiger partial charge on any atom is 0.208 e. The molecule has 2 atom stereocenters. The largest absolute Gasteiger partial charge is 0.377 e. The van der Waals surface area contributed by atoms with E-state index in [1.165, 1.54) is 24.8 Å². The van der Waals surface area contributed by atoms with Crippen molar-refractivity contribution in [3.8, 4) is 0 Å². The highest BCUT2D eigenvalue weighted by molar-refractivity contribution is 5.79. The molecule has 0 bridgehead atoms. The van der Waals surface area contributed by atoms with Gasteiger partial charge in [-0.1, -0.05) is 12.1 Å². The van der Waals surface area contributed by atoms with Crippen LogP contribution in [0.15, 0.2) is 24.3 Å². The molecule has 25 heavy (non-hydrogen) atoms. The number of ether oxygens (including phenoxy) is 2. The SMILES string of the molecule is c1ccc2c(c1)nc1n2CN(C[C@@H]2CCCO2)CN1C[C@@H]1CCCO1. The van der Waals surface area contributed by atoms with Gasteiger partial charge in [-0.2, -0.15) is 0 Å². The van der Waals surface area contributed by atoms with Crippen LogP contribution < -0.4 is 4.90 Å². The van der Waals surface area contributed by atoms with E-state index in [9.17, 15) is 0 Å². The number of hydrogen-bond donors (Lipinski definition) is 0. The maximum absolute atomic E-state index is 5.89. The lowest BCUT2D eigenvalue weighted by Gasteiger charge is -2.38. The fraction of sp³-hybridized carbons (Fsp3) is 0.632. The predicted octanol–water partition coefficient (Wildman–Crippen LogP) is 2.43. The Morgan fingerprint density at radius 3 is 2.48 bits per heavy atom. The molecule has 5 rings (SSSR count). The second kappa shape index (κ2) is 6.59. The van der Waals surface area contributed by atoms with Crippen LogP contribution in [0.25, 0.3) is 11.0 Å². The van der Waals surface area contributed by atoms with Gasteiger partial charge in [-0.25, -0.2) is 4.98 Å². The van der Waals surface area contributed by atoms with E-state index in [1.807, 2.05) is 0 Å². The highest BCUT2D eigenvalue weighted by Gasteiger charge is 2.30. The minimum absolute atomic E-state index is 0.330. The van der Waals surface area contributed by atoms with Crippen LogP contribution in [0.4, 0.5) is 5.95 Å². The molecule has 2 fully saturated rings. The molecule has 4 heterocycles. The zero-order chi connectivity index (χ0) is 16.6. The van der Waals surface area contributed by atoms with Gasteiger partial charge >= 0.3 is 0 Å². The molecular formula is C19H26N4O2. The summed E-state index contributed by atoms with van der Waals surface area (Å²) >= 11 is 0. The summed E-state index contributed by atoms with van der Waals surface area (Å²) in [7, 11) is 0. The third kappa shape index (κ3) is 3.03. The van der Waals surface area contributed by atoms with Gasteiger partial charge in [0.25, 0.3) is 0 Å². The molecule has 3 aliphatic rings. The van der Waals surface area contributed by atoms with Crippen LogP contribution in [0.3, 0.4) is 0 Å². The zero-order valence-electron chi connectivity index (χ0n) is 14.6. The number of imidazole rings is 1. The first-order chi connectivity index (χ1) is 12.4. The van der Waals surface area contributed by atoms with Crippen molar-refractivity contribution in [2.75, 3.05) is 37.9 Å². The zero-order valence-corrected chi connectivity index (χ0v) is 14.6. The van der Waals surface area contributed by atoms with Gasteiger partial charge in [0.1, 0.15) is 0 Å². The second-order valence-corrected chi connectivity index (χ2v) is 7.46. The van der Waals surface area contributed by atoms with Crippen LogP contribution in [-0.4, -0.2) is 59.6 Å². The molecule has 2 aromatic rings. The third-order valence-electron chi connectivity index (χ3n) is 5.56. The smallest absolute Gasteiger partial charge is 0.208 e.